The second-order valence-corrected chi connectivity index (χ2v) is 5.34. The number of rotatable bonds is 7. The summed E-state index contributed by atoms with van der Waals surface area (Å²) >= 11 is 0. The third-order valence-electron chi connectivity index (χ3n) is 3.36. The van der Waals surface area contributed by atoms with Gasteiger partial charge in [0.25, 0.3) is 0 Å². The molecule has 0 aliphatic carbocycles. The molecule has 4 nitrogen and oxygen atoms in total. The molecule has 0 saturated heterocycles. The van der Waals surface area contributed by atoms with Crippen LogP contribution in [0.25, 0.3) is 0 Å². The van der Waals surface area contributed by atoms with E-state index in [4.69, 9.17) is 0 Å². The largest absolute Gasteiger partial charge is 0.368 e. The zero-order chi connectivity index (χ0) is 15.2. The van der Waals surface area contributed by atoms with Crippen LogP contribution in [0.2, 0.25) is 0 Å². The topological polar surface area (TPSA) is 33.1 Å². The average Bonchev–Trinajstić information content (AvgIpc) is 2.84. The summed E-state index contributed by atoms with van der Waals surface area (Å²) in [5, 5.41) is 7.41. The number of aryl methyl sites for hydroxylation is 1. The maximum Gasteiger partial charge on any atom is 0.146 e. The molecule has 1 aromatic heterocycles. The van der Waals surface area contributed by atoms with E-state index < -0.39 is 0 Å². The number of nitrogens with one attached hydrogen (secondary N) is 1. The summed E-state index contributed by atoms with van der Waals surface area (Å²) in [4.78, 5) is 1.90. The number of hydrogen-bond donors (Lipinski definition) is 1. The van der Waals surface area contributed by atoms with E-state index >= 15 is 0 Å². The second-order valence-electron chi connectivity index (χ2n) is 5.34. The molecule has 1 aromatic carbocycles. The van der Waals surface area contributed by atoms with E-state index in [0.29, 0.717) is 18.8 Å². The molecular formula is C16H23FN4. The summed E-state index contributed by atoms with van der Waals surface area (Å²) in [7, 11) is 3.77. The van der Waals surface area contributed by atoms with E-state index in [1.807, 2.05) is 37.3 Å². The molecule has 1 heterocycles. The SMILES string of the molecule is CCCNCc1ccc(N(C)Cc2cnn(C)c2)c(F)c1. The van der Waals surface area contributed by atoms with Gasteiger partial charge in [-0.25, -0.2) is 4.39 Å². The van der Waals surface area contributed by atoms with Crippen LogP contribution in [0.15, 0.2) is 30.6 Å². The zero-order valence-electron chi connectivity index (χ0n) is 12.9. The molecular weight excluding hydrogens is 267 g/mol. The predicted molar refractivity (Wildman–Crippen MR) is 83.7 cm³/mol. The van der Waals surface area contributed by atoms with Gasteiger partial charge in [0.1, 0.15) is 5.82 Å². The molecule has 0 saturated carbocycles. The van der Waals surface area contributed by atoms with E-state index in [1.165, 1.54) is 0 Å². The average molecular weight is 290 g/mol. The van der Waals surface area contributed by atoms with E-state index in [1.54, 1.807) is 16.9 Å². The van der Waals surface area contributed by atoms with Crippen LogP contribution in [-0.2, 0) is 20.1 Å². The van der Waals surface area contributed by atoms with Crippen LogP contribution in [0.1, 0.15) is 24.5 Å². The van der Waals surface area contributed by atoms with Crippen LogP contribution in [0.3, 0.4) is 0 Å². The molecule has 2 rings (SSSR count). The van der Waals surface area contributed by atoms with Gasteiger partial charge in [0.05, 0.1) is 11.9 Å². The van der Waals surface area contributed by atoms with Crippen molar-refractivity contribution < 1.29 is 4.39 Å². The lowest BCUT2D eigenvalue weighted by atomic mass is 10.1. The molecule has 0 spiro atoms. The standard InChI is InChI=1S/C16H23FN4/c1-4-7-18-9-13-5-6-16(15(17)8-13)20(2)11-14-10-19-21(3)12-14/h5-6,8,10,12,18H,4,7,9,11H2,1-3H3. The van der Waals surface area contributed by atoms with Crippen LogP contribution in [-0.4, -0.2) is 23.4 Å². The summed E-state index contributed by atoms with van der Waals surface area (Å²) in [6.45, 7) is 4.41. The molecule has 21 heavy (non-hydrogen) atoms. The van der Waals surface area contributed by atoms with Crippen molar-refractivity contribution in [3.63, 3.8) is 0 Å². The van der Waals surface area contributed by atoms with Crippen molar-refractivity contribution in [1.29, 1.82) is 0 Å². The summed E-state index contributed by atoms with van der Waals surface area (Å²) in [6.07, 6.45) is 4.82. The molecule has 0 bridgehead atoms. The number of halogens is 1. The molecule has 0 amide bonds. The molecule has 0 radical (unpaired) electrons. The first-order valence-corrected chi connectivity index (χ1v) is 7.28. The molecule has 1 N–H and O–H groups in total. The lowest BCUT2D eigenvalue weighted by Crippen LogP contribution is -2.18. The van der Waals surface area contributed by atoms with Gasteiger partial charge in [0, 0.05) is 38.9 Å². The zero-order valence-corrected chi connectivity index (χ0v) is 12.9. The van der Waals surface area contributed by atoms with Gasteiger partial charge >= 0.3 is 0 Å². The maximum atomic E-state index is 14.2. The Labute approximate surface area is 125 Å². The fraction of sp³-hybridized carbons (Fsp3) is 0.438. The Morgan fingerprint density at radius 1 is 1.33 bits per heavy atom. The Bertz CT molecular complexity index is 579. The monoisotopic (exact) mass is 290 g/mol. The van der Waals surface area contributed by atoms with Gasteiger partial charge < -0.3 is 10.2 Å². The first kappa shape index (κ1) is 15.5. The Balaban J connectivity index is 2.02. The van der Waals surface area contributed by atoms with Crippen molar-refractivity contribution in [3.8, 4) is 0 Å². The van der Waals surface area contributed by atoms with Crippen LogP contribution in [0.5, 0.6) is 0 Å². The Kier molecular flexibility index (Phi) is 5.33. The van der Waals surface area contributed by atoms with Crippen molar-refractivity contribution in [2.24, 2.45) is 7.05 Å². The Morgan fingerprint density at radius 2 is 2.14 bits per heavy atom. The Hall–Kier alpha value is -1.88. The van der Waals surface area contributed by atoms with Crippen molar-refractivity contribution in [3.05, 3.63) is 47.5 Å². The van der Waals surface area contributed by atoms with Gasteiger partial charge in [-0.15, -0.1) is 0 Å². The third kappa shape index (κ3) is 4.29. The number of aromatic nitrogens is 2. The van der Waals surface area contributed by atoms with Crippen molar-refractivity contribution >= 4 is 5.69 Å². The van der Waals surface area contributed by atoms with Gasteiger partial charge in [-0.05, 0) is 30.7 Å². The first-order valence-electron chi connectivity index (χ1n) is 7.28. The van der Waals surface area contributed by atoms with Gasteiger partial charge in [-0.2, -0.15) is 5.10 Å². The smallest absolute Gasteiger partial charge is 0.146 e. The quantitative estimate of drug-likeness (QED) is 0.796. The highest BCUT2D eigenvalue weighted by Gasteiger charge is 2.09. The lowest BCUT2D eigenvalue weighted by molar-refractivity contribution is 0.614. The second kappa shape index (κ2) is 7.22. The van der Waals surface area contributed by atoms with Gasteiger partial charge in [-0.3, -0.25) is 4.68 Å². The van der Waals surface area contributed by atoms with Gasteiger partial charge in [0.2, 0.25) is 0 Å². The minimum absolute atomic E-state index is 0.183. The maximum absolute atomic E-state index is 14.2. The van der Waals surface area contributed by atoms with E-state index in [0.717, 1.165) is 24.1 Å². The molecule has 0 aliphatic heterocycles. The lowest BCUT2D eigenvalue weighted by Gasteiger charge is -2.19. The minimum Gasteiger partial charge on any atom is -0.368 e. The van der Waals surface area contributed by atoms with E-state index in [-0.39, 0.29) is 5.82 Å². The summed E-state index contributed by atoms with van der Waals surface area (Å²) < 4.78 is 16.0. The van der Waals surface area contributed by atoms with E-state index in [2.05, 4.69) is 17.3 Å². The van der Waals surface area contributed by atoms with Crippen LogP contribution >= 0.6 is 0 Å². The van der Waals surface area contributed by atoms with Crippen LogP contribution in [0.4, 0.5) is 10.1 Å². The van der Waals surface area contributed by atoms with Crippen molar-refractivity contribution in [2.45, 2.75) is 26.4 Å². The molecule has 0 aliphatic rings. The summed E-state index contributed by atoms with van der Waals surface area (Å²) in [6, 6.07) is 5.42. The number of benzene rings is 1. The molecule has 0 fully saturated rings. The van der Waals surface area contributed by atoms with Crippen molar-refractivity contribution in [2.75, 3.05) is 18.5 Å². The minimum atomic E-state index is -0.183. The van der Waals surface area contributed by atoms with E-state index in [9.17, 15) is 4.39 Å². The normalized spacial score (nSPS) is 10.9. The number of anilines is 1. The van der Waals surface area contributed by atoms with Crippen molar-refractivity contribution in [1.82, 2.24) is 15.1 Å². The first-order chi connectivity index (χ1) is 10.1. The molecule has 114 valence electrons. The highest BCUT2D eigenvalue weighted by atomic mass is 19.1. The van der Waals surface area contributed by atoms with Crippen LogP contribution < -0.4 is 10.2 Å². The van der Waals surface area contributed by atoms with Gasteiger partial charge in [-0.1, -0.05) is 13.0 Å². The molecule has 2 aromatic rings. The highest BCUT2D eigenvalue weighted by molar-refractivity contribution is 5.48. The summed E-state index contributed by atoms with van der Waals surface area (Å²) in [5.74, 6) is -0.183. The number of hydrogen-bond acceptors (Lipinski definition) is 3. The Morgan fingerprint density at radius 3 is 2.76 bits per heavy atom. The van der Waals surface area contributed by atoms with Crippen LogP contribution in [0, 0.1) is 5.82 Å². The highest BCUT2D eigenvalue weighted by Crippen LogP contribution is 2.21. The number of nitrogens with zero attached hydrogens (tertiary/aromatic N) is 3. The van der Waals surface area contributed by atoms with Gasteiger partial charge in [0.15, 0.2) is 0 Å². The molecule has 0 unspecified atom stereocenters. The molecule has 0 atom stereocenters. The fourth-order valence-corrected chi connectivity index (χ4v) is 2.29. The fourth-order valence-electron chi connectivity index (χ4n) is 2.29. The summed E-state index contributed by atoms with van der Waals surface area (Å²) in [5.41, 5.74) is 2.64. The predicted octanol–water partition coefficient (Wildman–Crippen LogP) is 2.70. The third-order valence-corrected chi connectivity index (χ3v) is 3.36. The molecule has 5 heteroatoms.